The number of guanidine groups is 1. The Morgan fingerprint density at radius 1 is 1.19 bits per heavy atom. The van der Waals surface area contributed by atoms with Crippen LogP contribution in [-0.4, -0.2) is 57.2 Å². The summed E-state index contributed by atoms with van der Waals surface area (Å²) in [4.78, 5) is 18.6. The SMILES string of the molecule is CN=C(NCCCOC)NCCCC(=O)N1CCc2ccccc2C1.I. The third-order valence-corrected chi connectivity index (χ3v) is 4.38. The number of halogens is 1. The van der Waals surface area contributed by atoms with Crippen LogP contribution in [0.15, 0.2) is 29.3 Å². The van der Waals surface area contributed by atoms with E-state index in [1.807, 2.05) is 11.0 Å². The topological polar surface area (TPSA) is 66.0 Å². The van der Waals surface area contributed by atoms with Gasteiger partial charge in [0.05, 0.1) is 0 Å². The molecule has 146 valence electrons. The fourth-order valence-electron chi connectivity index (χ4n) is 2.96. The Morgan fingerprint density at radius 2 is 1.88 bits per heavy atom. The number of hydrogen-bond acceptors (Lipinski definition) is 3. The number of nitrogens with one attached hydrogen (secondary N) is 2. The molecule has 26 heavy (non-hydrogen) atoms. The third-order valence-electron chi connectivity index (χ3n) is 4.38. The molecule has 0 saturated carbocycles. The molecule has 0 bridgehead atoms. The van der Waals surface area contributed by atoms with Crippen LogP contribution in [0.4, 0.5) is 0 Å². The minimum atomic E-state index is 0. The Labute approximate surface area is 173 Å². The largest absolute Gasteiger partial charge is 0.385 e. The van der Waals surface area contributed by atoms with Gasteiger partial charge in [0.2, 0.25) is 5.91 Å². The van der Waals surface area contributed by atoms with E-state index in [1.165, 1.54) is 11.1 Å². The van der Waals surface area contributed by atoms with Gasteiger partial charge in [-0.1, -0.05) is 24.3 Å². The Balaban J connectivity index is 0.00000338. The van der Waals surface area contributed by atoms with Crippen LogP contribution < -0.4 is 10.6 Å². The summed E-state index contributed by atoms with van der Waals surface area (Å²) >= 11 is 0. The maximum Gasteiger partial charge on any atom is 0.222 e. The number of amides is 1. The molecule has 2 N–H and O–H groups in total. The number of rotatable bonds is 8. The van der Waals surface area contributed by atoms with Crippen molar-refractivity contribution in [3.05, 3.63) is 35.4 Å². The molecule has 0 fully saturated rings. The molecule has 2 rings (SSSR count). The summed E-state index contributed by atoms with van der Waals surface area (Å²) in [5.74, 6) is 1.01. The van der Waals surface area contributed by atoms with Gasteiger partial charge in [0, 0.05) is 53.4 Å². The molecule has 0 spiro atoms. The van der Waals surface area contributed by atoms with E-state index < -0.39 is 0 Å². The molecule has 0 unspecified atom stereocenters. The van der Waals surface area contributed by atoms with Crippen LogP contribution >= 0.6 is 24.0 Å². The van der Waals surface area contributed by atoms with E-state index in [1.54, 1.807) is 14.2 Å². The molecule has 1 heterocycles. The number of ether oxygens (including phenoxy) is 1. The second-order valence-corrected chi connectivity index (χ2v) is 6.21. The van der Waals surface area contributed by atoms with Gasteiger partial charge < -0.3 is 20.3 Å². The van der Waals surface area contributed by atoms with Gasteiger partial charge in [-0.15, -0.1) is 24.0 Å². The summed E-state index contributed by atoms with van der Waals surface area (Å²) in [7, 11) is 3.45. The number of carbonyl (C=O) groups is 1. The van der Waals surface area contributed by atoms with Crippen molar-refractivity contribution in [2.75, 3.05) is 40.4 Å². The monoisotopic (exact) mass is 474 g/mol. The van der Waals surface area contributed by atoms with Gasteiger partial charge in [-0.2, -0.15) is 0 Å². The number of hydrogen-bond donors (Lipinski definition) is 2. The van der Waals surface area contributed by atoms with Gasteiger partial charge >= 0.3 is 0 Å². The number of aliphatic imine (C=N–C) groups is 1. The molecule has 0 aliphatic carbocycles. The number of carbonyl (C=O) groups excluding carboxylic acids is 1. The molecule has 1 aliphatic rings. The highest BCUT2D eigenvalue weighted by atomic mass is 127. The number of methoxy groups -OCH3 is 1. The third kappa shape index (κ3) is 7.49. The van der Waals surface area contributed by atoms with Crippen LogP contribution in [0.2, 0.25) is 0 Å². The van der Waals surface area contributed by atoms with E-state index in [2.05, 4.69) is 33.8 Å². The minimum absolute atomic E-state index is 0. The van der Waals surface area contributed by atoms with Gasteiger partial charge in [-0.25, -0.2) is 0 Å². The Bertz CT molecular complexity index is 580. The number of nitrogens with zero attached hydrogens (tertiary/aromatic N) is 2. The second-order valence-electron chi connectivity index (χ2n) is 6.21. The number of benzene rings is 1. The molecule has 1 aromatic rings. The van der Waals surface area contributed by atoms with Crippen molar-refractivity contribution >= 4 is 35.8 Å². The van der Waals surface area contributed by atoms with Crippen molar-refractivity contribution < 1.29 is 9.53 Å². The zero-order valence-electron chi connectivity index (χ0n) is 15.8. The fourth-order valence-corrected chi connectivity index (χ4v) is 2.96. The van der Waals surface area contributed by atoms with Gasteiger partial charge in [0.1, 0.15) is 0 Å². The van der Waals surface area contributed by atoms with E-state index >= 15 is 0 Å². The van der Waals surface area contributed by atoms with Crippen LogP contribution in [0.1, 0.15) is 30.4 Å². The summed E-state index contributed by atoms with van der Waals surface area (Å²) in [5.41, 5.74) is 2.65. The van der Waals surface area contributed by atoms with Crippen molar-refractivity contribution in [2.45, 2.75) is 32.2 Å². The predicted octanol–water partition coefficient (Wildman–Crippen LogP) is 2.17. The van der Waals surface area contributed by atoms with Crippen LogP contribution in [0.3, 0.4) is 0 Å². The van der Waals surface area contributed by atoms with Crippen LogP contribution in [0.5, 0.6) is 0 Å². The Kier molecular flexibility index (Phi) is 11.3. The molecule has 1 aromatic carbocycles. The molecule has 1 aliphatic heterocycles. The second kappa shape index (κ2) is 12.9. The molecule has 0 saturated heterocycles. The highest BCUT2D eigenvalue weighted by Crippen LogP contribution is 2.19. The summed E-state index contributed by atoms with van der Waals surface area (Å²) in [6.07, 6.45) is 3.26. The summed E-state index contributed by atoms with van der Waals surface area (Å²) in [6.45, 7) is 3.86. The van der Waals surface area contributed by atoms with Gasteiger partial charge in [0.25, 0.3) is 0 Å². The lowest BCUT2D eigenvalue weighted by atomic mass is 9.99. The molecule has 7 heteroatoms. The van der Waals surface area contributed by atoms with E-state index in [-0.39, 0.29) is 29.9 Å². The van der Waals surface area contributed by atoms with Crippen LogP contribution in [0.25, 0.3) is 0 Å². The quantitative estimate of drug-likeness (QED) is 0.263. The molecule has 0 atom stereocenters. The molecule has 1 amide bonds. The maximum absolute atomic E-state index is 12.4. The first-order chi connectivity index (χ1) is 12.2. The lowest BCUT2D eigenvalue weighted by molar-refractivity contribution is -0.132. The molecular formula is C19H31IN4O2. The predicted molar refractivity (Wildman–Crippen MR) is 116 cm³/mol. The van der Waals surface area contributed by atoms with Crippen molar-refractivity contribution in [1.29, 1.82) is 0 Å². The molecule has 0 radical (unpaired) electrons. The van der Waals surface area contributed by atoms with Crippen molar-refractivity contribution in [3.8, 4) is 0 Å². The first-order valence-corrected chi connectivity index (χ1v) is 9.02. The van der Waals surface area contributed by atoms with E-state index in [9.17, 15) is 4.79 Å². The smallest absolute Gasteiger partial charge is 0.222 e. The fraction of sp³-hybridized carbons (Fsp3) is 0.579. The summed E-state index contributed by atoms with van der Waals surface area (Å²) in [5, 5.41) is 6.48. The van der Waals surface area contributed by atoms with E-state index in [4.69, 9.17) is 4.74 Å². The standard InChI is InChI=1S/C19H30N4O2.HI/c1-20-19(22-12-6-14-25-2)21-11-5-9-18(24)23-13-10-16-7-3-4-8-17(16)15-23;/h3-4,7-8H,5-6,9-15H2,1-2H3,(H2,20,21,22);1H. The normalized spacial score (nSPS) is 13.6. The lowest BCUT2D eigenvalue weighted by Crippen LogP contribution is -2.39. The first-order valence-electron chi connectivity index (χ1n) is 9.02. The molecular weight excluding hydrogens is 443 g/mol. The molecule has 0 aromatic heterocycles. The maximum atomic E-state index is 12.4. The van der Waals surface area contributed by atoms with Gasteiger partial charge in [0.15, 0.2) is 5.96 Å². The van der Waals surface area contributed by atoms with Crippen molar-refractivity contribution in [2.24, 2.45) is 4.99 Å². The first kappa shape index (κ1) is 22.7. The van der Waals surface area contributed by atoms with Crippen molar-refractivity contribution in [3.63, 3.8) is 0 Å². The van der Waals surface area contributed by atoms with E-state index in [0.29, 0.717) is 6.42 Å². The summed E-state index contributed by atoms with van der Waals surface area (Å²) in [6, 6.07) is 8.39. The highest BCUT2D eigenvalue weighted by Gasteiger charge is 2.19. The van der Waals surface area contributed by atoms with Gasteiger partial charge in [-0.3, -0.25) is 9.79 Å². The molecule has 6 nitrogen and oxygen atoms in total. The lowest BCUT2D eigenvalue weighted by Gasteiger charge is -2.29. The number of fused-ring (bicyclic) bond motifs is 1. The highest BCUT2D eigenvalue weighted by molar-refractivity contribution is 14.0. The summed E-state index contributed by atoms with van der Waals surface area (Å²) < 4.78 is 5.02. The zero-order valence-corrected chi connectivity index (χ0v) is 18.1. The average Bonchev–Trinajstić information content (AvgIpc) is 2.66. The van der Waals surface area contributed by atoms with E-state index in [0.717, 1.165) is 58.0 Å². The van der Waals surface area contributed by atoms with Crippen LogP contribution in [0, 0.1) is 0 Å². The minimum Gasteiger partial charge on any atom is -0.385 e. The zero-order chi connectivity index (χ0) is 17.9. The Morgan fingerprint density at radius 3 is 2.58 bits per heavy atom. The van der Waals surface area contributed by atoms with Gasteiger partial charge in [-0.05, 0) is 30.4 Å². The Hall–Kier alpha value is -1.35. The van der Waals surface area contributed by atoms with Crippen molar-refractivity contribution in [1.82, 2.24) is 15.5 Å². The average molecular weight is 474 g/mol. The van der Waals surface area contributed by atoms with Crippen LogP contribution in [-0.2, 0) is 22.5 Å².